The molecule has 0 fully saturated rings. The van der Waals surface area contributed by atoms with E-state index >= 15 is 0 Å². The minimum Gasteiger partial charge on any atom is -0.311 e. The summed E-state index contributed by atoms with van der Waals surface area (Å²) in [4.78, 5) is 0. The quantitative estimate of drug-likeness (QED) is 0.733. The molecule has 0 aliphatic carbocycles. The largest absolute Gasteiger partial charge is 0.350 e. The molecule has 0 bridgehead atoms. The average Bonchev–Trinajstić information content (AvgIpc) is 2.63. The van der Waals surface area contributed by atoms with Crippen LogP contribution in [0, 0.1) is 0 Å². The highest BCUT2D eigenvalue weighted by molar-refractivity contribution is 7.54. The first kappa shape index (κ1) is 17.6. The van der Waals surface area contributed by atoms with Crippen molar-refractivity contribution in [2.45, 2.75) is 12.3 Å². The van der Waals surface area contributed by atoms with E-state index in [1.807, 2.05) is 72.8 Å². The second-order valence-corrected chi connectivity index (χ2v) is 7.35. The Bertz CT molecular complexity index is 650. The van der Waals surface area contributed by atoms with Crippen LogP contribution in [0.3, 0.4) is 0 Å². The van der Waals surface area contributed by atoms with Gasteiger partial charge in [0.15, 0.2) is 0 Å². The van der Waals surface area contributed by atoms with Gasteiger partial charge in [0, 0.05) is 20.8 Å². The molecule has 2 aromatic carbocycles. The van der Waals surface area contributed by atoms with E-state index in [1.165, 1.54) is 14.2 Å². The van der Waals surface area contributed by atoms with Crippen LogP contribution in [0.15, 0.2) is 66.7 Å². The molecule has 5 heteroatoms. The van der Waals surface area contributed by atoms with E-state index in [-0.39, 0.29) is 0 Å². The van der Waals surface area contributed by atoms with Crippen LogP contribution < -0.4 is 5.32 Å². The fraction of sp³-hybridized carbons (Fsp3) is 0.222. The Hall–Kier alpha value is -1.71. The van der Waals surface area contributed by atoms with Crippen molar-refractivity contribution in [1.29, 1.82) is 0 Å². The number of nitrogens with one attached hydrogen (secondary N) is 1. The van der Waals surface area contributed by atoms with E-state index < -0.39 is 13.4 Å². The van der Waals surface area contributed by atoms with Gasteiger partial charge < -0.3 is 9.05 Å². The van der Waals surface area contributed by atoms with Gasteiger partial charge in [0.1, 0.15) is 5.78 Å². The molecule has 0 aliphatic rings. The smallest absolute Gasteiger partial charge is 0.311 e. The van der Waals surface area contributed by atoms with Gasteiger partial charge in [0.2, 0.25) is 0 Å². The number of rotatable bonds is 8. The summed E-state index contributed by atoms with van der Waals surface area (Å²) in [5.41, 5.74) is 2.13. The SMILES string of the molecule is COP(=O)(OC)C(/C=C/c1ccccc1)NCc1ccccc1. The Labute approximate surface area is 137 Å². The van der Waals surface area contributed by atoms with Gasteiger partial charge >= 0.3 is 7.60 Å². The molecule has 2 aromatic rings. The number of hydrogen-bond acceptors (Lipinski definition) is 4. The molecule has 1 atom stereocenters. The van der Waals surface area contributed by atoms with E-state index in [0.29, 0.717) is 6.54 Å². The van der Waals surface area contributed by atoms with Crippen molar-refractivity contribution in [3.05, 3.63) is 77.9 Å². The standard InChI is InChI=1S/C18H22NO3P/c1-21-23(20,22-2)18(14-13-16-9-5-3-6-10-16)19-15-17-11-7-4-8-12-17/h3-14,18-19H,15H2,1-2H3/b14-13+. The summed E-state index contributed by atoms with van der Waals surface area (Å²) >= 11 is 0. The van der Waals surface area contributed by atoms with Gasteiger partial charge in [-0.15, -0.1) is 0 Å². The van der Waals surface area contributed by atoms with E-state index in [2.05, 4.69) is 5.32 Å². The minimum absolute atomic E-state index is 0.530. The third kappa shape index (κ3) is 5.15. The highest BCUT2D eigenvalue weighted by Crippen LogP contribution is 2.51. The van der Waals surface area contributed by atoms with Crippen molar-refractivity contribution >= 4 is 13.7 Å². The molecule has 1 N–H and O–H groups in total. The van der Waals surface area contributed by atoms with Gasteiger partial charge in [0.05, 0.1) is 0 Å². The molecule has 0 heterocycles. The van der Waals surface area contributed by atoms with Crippen LogP contribution in [-0.4, -0.2) is 20.0 Å². The normalized spacial score (nSPS) is 13.3. The highest BCUT2D eigenvalue weighted by Gasteiger charge is 2.31. The van der Waals surface area contributed by atoms with E-state index in [4.69, 9.17) is 9.05 Å². The molecule has 4 nitrogen and oxygen atoms in total. The van der Waals surface area contributed by atoms with Crippen molar-refractivity contribution in [2.75, 3.05) is 14.2 Å². The van der Waals surface area contributed by atoms with Crippen LogP contribution in [0.5, 0.6) is 0 Å². The molecule has 0 saturated heterocycles. The van der Waals surface area contributed by atoms with Crippen molar-refractivity contribution in [1.82, 2.24) is 5.32 Å². The molecule has 0 spiro atoms. The van der Waals surface area contributed by atoms with Gasteiger partial charge in [-0.25, -0.2) is 0 Å². The maximum atomic E-state index is 12.7. The van der Waals surface area contributed by atoms with Crippen molar-refractivity contribution in [2.24, 2.45) is 0 Å². The summed E-state index contributed by atoms with van der Waals surface area (Å²) < 4.78 is 23.0. The summed E-state index contributed by atoms with van der Waals surface area (Å²) in [6, 6.07) is 19.8. The van der Waals surface area contributed by atoms with Crippen LogP contribution in [0.2, 0.25) is 0 Å². The zero-order valence-corrected chi connectivity index (χ0v) is 14.3. The fourth-order valence-corrected chi connectivity index (χ4v) is 3.39. The topological polar surface area (TPSA) is 47.6 Å². The average molecular weight is 331 g/mol. The van der Waals surface area contributed by atoms with Crippen molar-refractivity contribution in [3.63, 3.8) is 0 Å². The molecule has 0 amide bonds. The summed E-state index contributed by atoms with van der Waals surface area (Å²) in [5.74, 6) is -0.530. The Balaban J connectivity index is 2.15. The molecule has 2 rings (SSSR count). The van der Waals surface area contributed by atoms with Crippen molar-refractivity contribution < 1.29 is 13.6 Å². The van der Waals surface area contributed by atoms with Crippen LogP contribution >= 0.6 is 7.60 Å². The van der Waals surface area contributed by atoms with E-state index in [9.17, 15) is 4.57 Å². The highest BCUT2D eigenvalue weighted by atomic mass is 31.2. The van der Waals surface area contributed by atoms with Crippen LogP contribution in [0.4, 0.5) is 0 Å². The first-order valence-electron chi connectivity index (χ1n) is 7.39. The van der Waals surface area contributed by atoms with Crippen molar-refractivity contribution in [3.8, 4) is 0 Å². The van der Waals surface area contributed by atoms with Gasteiger partial charge in [-0.2, -0.15) is 0 Å². The molecule has 122 valence electrons. The third-order valence-corrected chi connectivity index (χ3v) is 5.53. The molecule has 0 radical (unpaired) electrons. The lowest BCUT2D eigenvalue weighted by Crippen LogP contribution is -2.27. The molecule has 0 aromatic heterocycles. The summed E-state index contributed by atoms with van der Waals surface area (Å²) in [7, 11) is -0.462. The third-order valence-electron chi connectivity index (χ3n) is 3.48. The summed E-state index contributed by atoms with van der Waals surface area (Å²) in [6.07, 6.45) is 3.74. The lowest BCUT2D eigenvalue weighted by molar-refractivity contribution is 0.265. The van der Waals surface area contributed by atoms with E-state index in [0.717, 1.165) is 11.1 Å². The molecule has 0 aliphatic heterocycles. The van der Waals surface area contributed by atoms with Crippen LogP contribution in [0.1, 0.15) is 11.1 Å². The lowest BCUT2D eigenvalue weighted by atomic mass is 10.2. The predicted octanol–water partition coefficient (Wildman–Crippen LogP) is 4.30. The molecule has 1 unspecified atom stereocenters. The Kier molecular flexibility index (Phi) is 6.75. The molecule has 0 saturated carbocycles. The Morgan fingerprint density at radius 3 is 2.13 bits per heavy atom. The predicted molar refractivity (Wildman–Crippen MR) is 94.2 cm³/mol. The number of hydrogen-bond donors (Lipinski definition) is 1. The fourth-order valence-electron chi connectivity index (χ4n) is 2.17. The second-order valence-electron chi connectivity index (χ2n) is 4.99. The van der Waals surface area contributed by atoms with Crippen LogP contribution in [-0.2, 0) is 20.2 Å². The maximum absolute atomic E-state index is 12.7. The monoisotopic (exact) mass is 331 g/mol. The second kappa shape index (κ2) is 8.80. The number of benzene rings is 2. The lowest BCUT2D eigenvalue weighted by Gasteiger charge is -2.23. The zero-order chi connectivity index (χ0) is 16.5. The van der Waals surface area contributed by atoms with Gasteiger partial charge in [-0.1, -0.05) is 72.8 Å². The molecule has 23 heavy (non-hydrogen) atoms. The maximum Gasteiger partial charge on any atom is 0.350 e. The first-order valence-corrected chi connectivity index (χ1v) is 9.01. The first-order chi connectivity index (χ1) is 11.2. The molecular weight excluding hydrogens is 309 g/mol. The summed E-state index contributed by atoms with van der Waals surface area (Å²) in [6.45, 7) is 0.571. The van der Waals surface area contributed by atoms with Gasteiger partial charge in [-0.3, -0.25) is 9.88 Å². The molecular formula is C18H22NO3P. The Morgan fingerprint density at radius 1 is 1.00 bits per heavy atom. The summed E-state index contributed by atoms with van der Waals surface area (Å²) in [5, 5.41) is 3.25. The Morgan fingerprint density at radius 2 is 1.57 bits per heavy atom. The van der Waals surface area contributed by atoms with Crippen LogP contribution in [0.25, 0.3) is 6.08 Å². The van der Waals surface area contributed by atoms with E-state index in [1.54, 1.807) is 0 Å². The zero-order valence-electron chi connectivity index (χ0n) is 13.4. The minimum atomic E-state index is -3.26. The van der Waals surface area contributed by atoms with Gasteiger partial charge in [0.25, 0.3) is 0 Å². The van der Waals surface area contributed by atoms with Gasteiger partial charge in [-0.05, 0) is 11.1 Å².